The Morgan fingerprint density at radius 2 is 1.94 bits per heavy atom. The number of halogens is 1. The summed E-state index contributed by atoms with van der Waals surface area (Å²) < 4.78 is 26.6. The lowest BCUT2D eigenvalue weighted by atomic mass is 10.0. The zero-order valence-electron chi connectivity index (χ0n) is 17.9. The van der Waals surface area contributed by atoms with Gasteiger partial charge in [0.1, 0.15) is 12.4 Å². The molecule has 0 saturated carbocycles. The zero-order chi connectivity index (χ0) is 21.8. The number of benzene rings is 2. The number of anilines is 1. The summed E-state index contributed by atoms with van der Waals surface area (Å²) >= 11 is 0. The van der Waals surface area contributed by atoms with Gasteiger partial charge in [0.2, 0.25) is 0 Å². The molecule has 0 amide bonds. The third-order valence-corrected chi connectivity index (χ3v) is 5.06. The third-order valence-electron chi connectivity index (χ3n) is 5.06. The maximum absolute atomic E-state index is 14.3. The lowest BCUT2D eigenvalue weighted by molar-refractivity contribution is 0.321. The van der Waals surface area contributed by atoms with Crippen LogP contribution in [0.2, 0.25) is 0 Å². The third kappa shape index (κ3) is 4.60. The summed E-state index contributed by atoms with van der Waals surface area (Å²) in [4.78, 5) is 6.71. The molecule has 0 bridgehead atoms. The Labute approximate surface area is 181 Å². The molecule has 160 valence electrons. The van der Waals surface area contributed by atoms with Gasteiger partial charge in [-0.2, -0.15) is 5.10 Å². The molecule has 7 heteroatoms. The van der Waals surface area contributed by atoms with Gasteiger partial charge >= 0.3 is 0 Å². The fourth-order valence-corrected chi connectivity index (χ4v) is 3.51. The SMILES string of the molecule is CCOc1ccc(C2=NCN(c3cnn(Cc4ccc(OC)cc4)c3)C=C2C)cc1F. The van der Waals surface area contributed by atoms with E-state index in [4.69, 9.17) is 9.47 Å². The van der Waals surface area contributed by atoms with Gasteiger partial charge in [-0.1, -0.05) is 12.1 Å². The smallest absolute Gasteiger partial charge is 0.165 e. The van der Waals surface area contributed by atoms with E-state index >= 15 is 0 Å². The van der Waals surface area contributed by atoms with Crippen molar-refractivity contribution in [2.24, 2.45) is 4.99 Å². The van der Waals surface area contributed by atoms with Gasteiger partial charge in [-0.15, -0.1) is 0 Å². The molecule has 0 atom stereocenters. The summed E-state index contributed by atoms with van der Waals surface area (Å²) in [5, 5.41) is 4.47. The van der Waals surface area contributed by atoms with Gasteiger partial charge in [-0.25, -0.2) is 4.39 Å². The predicted molar refractivity (Wildman–Crippen MR) is 120 cm³/mol. The Kier molecular flexibility index (Phi) is 6.02. The lowest BCUT2D eigenvalue weighted by Crippen LogP contribution is -2.24. The lowest BCUT2D eigenvalue weighted by Gasteiger charge is -2.23. The number of hydrogen-bond donors (Lipinski definition) is 0. The Morgan fingerprint density at radius 3 is 2.61 bits per heavy atom. The van der Waals surface area contributed by atoms with E-state index < -0.39 is 0 Å². The van der Waals surface area contributed by atoms with Crippen molar-refractivity contribution < 1.29 is 13.9 Å². The molecule has 0 aliphatic carbocycles. The molecular weight excluding hydrogens is 395 g/mol. The van der Waals surface area contributed by atoms with Crippen LogP contribution >= 0.6 is 0 Å². The van der Waals surface area contributed by atoms with E-state index in [1.807, 2.05) is 72.4 Å². The highest BCUT2D eigenvalue weighted by Crippen LogP contribution is 2.24. The number of methoxy groups -OCH3 is 1. The molecule has 1 aromatic heterocycles. The van der Waals surface area contributed by atoms with Crippen molar-refractivity contribution in [2.45, 2.75) is 20.4 Å². The molecule has 0 radical (unpaired) electrons. The summed E-state index contributed by atoms with van der Waals surface area (Å²) in [7, 11) is 1.66. The molecule has 0 spiro atoms. The highest BCUT2D eigenvalue weighted by atomic mass is 19.1. The van der Waals surface area contributed by atoms with E-state index in [2.05, 4.69) is 10.1 Å². The summed E-state index contributed by atoms with van der Waals surface area (Å²) in [5.74, 6) is 0.715. The molecule has 4 rings (SSSR count). The molecule has 1 aliphatic heterocycles. The number of hydrogen-bond acceptors (Lipinski definition) is 5. The molecule has 6 nitrogen and oxygen atoms in total. The van der Waals surface area contributed by atoms with Gasteiger partial charge < -0.3 is 14.4 Å². The molecule has 3 aromatic rings. The van der Waals surface area contributed by atoms with Crippen LogP contribution < -0.4 is 14.4 Å². The fourth-order valence-electron chi connectivity index (χ4n) is 3.51. The summed E-state index contributed by atoms with van der Waals surface area (Å²) in [6, 6.07) is 12.9. The number of ether oxygens (including phenoxy) is 2. The average Bonchev–Trinajstić information content (AvgIpc) is 3.24. The molecule has 2 heterocycles. The van der Waals surface area contributed by atoms with Crippen molar-refractivity contribution in [1.29, 1.82) is 0 Å². The van der Waals surface area contributed by atoms with E-state index in [9.17, 15) is 4.39 Å². The first-order valence-corrected chi connectivity index (χ1v) is 10.2. The Balaban J connectivity index is 1.46. The first-order chi connectivity index (χ1) is 15.1. The minimum absolute atomic E-state index is 0.259. The normalized spacial score (nSPS) is 13.6. The number of aromatic nitrogens is 2. The van der Waals surface area contributed by atoms with E-state index in [1.54, 1.807) is 13.2 Å². The van der Waals surface area contributed by atoms with Crippen molar-refractivity contribution in [1.82, 2.24) is 9.78 Å². The molecule has 0 fully saturated rings. The van der Waals surface area contributed by atoms with Crippen LogP contribution in [0.5, 0.6) is 11.5 Å². The van der Waals surface area contributed by atoms with Crippen LogP contribution in [0, 0.1) is 5.82 Å². The van der Waals surface area contributed by atoms with Crippen molar-refractivity contribution in [2.75, 3.05) is 25.3 Å². The summed E-state index contributed by atoms with van der Waals surface area (Å²) in [6.07, 6.45) is 5.83. The summed E-state index contributed by atoms with van der Waals surface area (Å²) in [6.45, 7) is 5.34. The summed E-state index contributed by atoms with van der Waals surface area (Å²) in [5.41, 5.74) is 4.57. The van der Waals surface area contributed by atoms with Gasteiger partial charge in [0.05, 0.1) is 37.9 Å². The topological polar surface area (TPSA) is 51.9 Å². The number of allylic oxidation sites excluding steroid dienone is 1. The van der Waals surface area contributed by atoms with E-state index in [0.29, 0.717) is 19.8 Å². The second-order valence-corrected chi connectivity index (χ2v) is 7.25. The van der Waals surface area contributed by atoms with Gasteiger partial charge in [-0.05, 0) is 55.3 Å². The molecule has 0 saturated heterocycles. The standard InChI is InChI=1S/C24H25FN4O2/c1-4-31-23-10-7-19(11-22(23)25)24-17(2)13-28(16-26-24)20-12-27-29(15-20)14-18-5-8-21(30-3)9-6-18/h5-13,15H,4,14,16H2,1-3H3. The first-order valence-electron chi connectivity index (χ1n) is 10.2. The first kappa shape index (κ1) is 20.7. The van der Waals surface area contributed by atoms with E-state index in [0.717, 1.165) is 33.8 Å². The molecule has 1 aliphatic rings. The van der Waals surface area contributed by atoms with Crippen molar-refractivity contribution in [3.8, 4) is 11.5 Å². The van der Waals surface area contributed by atoms with Gasteiger partial charge in [0, 0.05) is 18.0 Å². The van der Waals surface area contributed by atoms with E-state index in [1.165, 1.54) is 6.07 Å². The van der Waals surface area contributed by atoms with Crippen LogP contribution in [0.1, 0.15) is 25.0 Å². The maximum Gasteiger partial charge on any atom is 0.165 e. The largest absolute Gasteiger partial charge is 0.497 e. The highest BCUT2D eigenvalue weighted by molar-refractivity contribution is 6.13. The van der Waals surface area contributed by atoms with Crippen molar-refractivity contribution in [3.63, 3.8) is 0 Å². The van der Waals surface area contributed by atoms with Gasteiger partial charge in [-0.3, -0.25) is 9.67 Å². The van der Waals surface area contributed by atoms with Crippen LogP contribution in [-0.4, -0.2) is 35.9 Å². The fraction of sp³-hybridized carbons (Fsp3) is 0.250. The van der Waals surface area contributed by atoms with Crippen LogP contribution in [0.4, 0.5) is 10.1 Å². The van der Waals surface area contributed by atoms with Crippen molar-refractivity contribution in [3.05, 3.63) is 83.6 Å². The van der Waals surface area contributed by atoms with Gasteiger partial charge in [0.25, 0.3) is 0 Å². The number of aliphatic imine (C=N–C) groups is 1. The number of rotatable bonds is 7. The minimum atomic E-state index is -0.378. The Morgan fingerprint density at radius 1 is 1.13 bits per heavy atom. The number of nitrogens with zero attached hydrogens (tertiary/aromatic N) is 4. The molecule has 31 heavy (non-hydrogen) atoms. The van der Waals surface area contributed by atoms with Crippen LogP contribution in [0.3, 0.4) is 0 Å². The molecular formula is C24H25FN4O2. The Hall–Kier alpha value is -3.61. The maximum atomic E-state index is 14.3. The quantitative estimate of drug-likeness (QED) is 0.558. The molecule has 2 aromatic carbocycles. The average molecular weight is 420 g/mol. The monoisotopic (exact) mass is 420 g/mol. The zero-order valence-corrected chi connectivity index (χ0v) is 17.9. The minimum Gasteiger partial charge on any atom is -0.497 e. The van der Waals surface area contributed by atoms with Gasteiger partial charge in [0.15, 0.2) is 11.6 Å². The van der Waals surface area contributed by atoms with Crippen LogP contribution in [0.15, 0.2) is 71.6 Å². The Bertz CT molecular complexity index is 1120. The van der Waals surface area contributed by atoms with Crippen LogP contribution in [0.25, 0.3) is 0 Å². The predicted octanol–water partition coefficient (Wildman–Crippen LogP) is 4.65. The second-order valence-electron chi connectivity index (χ2n) is 7.25. The molecule has 0 N–H and O–H groups in total. The van der Waals surface area contributed by atoms with Crippen molar-refractivity contribution >= 4 is 11.4 Å². The molecule has 0 unspecified atom stereocenters. The highest BCUT2D eigenvalue weighted by Gasteiger charge is 2.17. The van der Waals surface area contributed by atoms with E-state index in [-0.39, 0.29) is 11.6 Å². The van der Waals surface area contributed by atoms with Crippen LogP contribution in [-0.2, 0) is 6.54 Å². The second kappa shape index (κ2) is 9.04.